The Balaban J connectivity index is 1.51. The molecule has 7 heteroatoms. The van der Waals surface area contributed by atoms with E-state index in [0.717, 1.165) is 11.0 Å². The molecular formula is C15H20N4O3. The smallest absolute Gasteiger partial charge is 0.326 e. The van der Waals surface area contributed by atoms with Crippen LogP contribution in [0.2, 0.25) is 0 Å². The fourth-order valence-corrected chi connectivity index (χ4v) is 2.64. The molecule has 118 valence electrons. The second-order valence-corrected chi connectivity index (χ2v) is 5.28. The molecule has 1 aliphatic heterocycles. The van der Waals surface area contributed by atoms with Crippen molar-refractivity contribution in [1.29, 1.82) is 0 Å². The van der Waals surface area contributed by atoms with Crippen LogP contribution in [0.4, 0.5) is 4.79 Å². The van der Waals surface area contributed by atoms with Crippen LogP contribution in [0.5, 0.6) is 0 Å². The van der Waals surface area contributed by atoms with Gasteiger partial charge in [-0.15, -0.1) is 0 Å². The van der Waals surface area contributed by atoms with E-state index in [0.29, 0.717) is 45.8 Å². The Kier molecular flexibility index (Phi) is 4.43. The van der Waals surface area contributed by atoms with Gasteiger partial charge in [0.1, 0.15) is 0 Å². The lowest BCUT2D eigenvalue weighted by molar-refractivity contribution is 0.0532. The number of H-pyrrole nitrogens is 1. The van der Waals surface area contributed by atoms with Crippen molar-refractivity contribution in [2.24, 2.45) is 0 Å². The Bertz CT molecular complexity index is 700. The first kappa shape index (κ1) is 14.6. The number of nitrogens with one attached hydrogen (secondary N) is 2. The fraction of sp³-hybridized carbons (Fsp3) is 0.467. The summed E-state index contributed by atoms with van der Waals surface area (Å²) in [4.78, 5) is 28.4. The van der Waals surface area contributed by atoms with E-state index in [1.165, 1.54) is 0 Å². The second-order valence-electron chi connectivity index (χ2n) is 5.28. The molecule has 0 saturated carbocycles. The summed E-state index contributed by atoms with van der Waals surface area (Å²) in [6, 6.07) is 7.54. The van der Waals surface area contributed by atoms with Crippen molar-refractivity contribution in [3.8, 4) is 0 Å². The van der Waals surface area contributed by atoms with Crippen LogP contribution in [-0.4, -0.2) is 53.3 Å². The first-order valence-electron chi connectivity index (χ1n) is 7.54. The predicted octanol–water partition coefficient (Wildman–Crippen LogP) is 0.761. The van der Waals surface area contributed by atoms with Gasteiger partial charge in [0.25, 0.3) is 0 Å². The van der Waals surface area contributed by atoms with E-state index in [9.17, 15) is 9.59 Å². The zero-order valence-electron chi connectivity index (χ0n) is 12.4. The summed E-state index contributed by atoms with van der Waals surface area (Å²) >= 11 is 0. The minimum atomic E-state index is -0.110. The van der Waals surface area contributed by atoms with Crippen LogP contribution in [0.15, 0.2) is 29.1 Å². The van der Waals surface area contributed by atoms with Gasteiger partial charge in [0.15, 0.2) is 0 Å². The molecule has 0 atom stereocenters. The number of rotatable bonds is 4. The van der Waals surface area contributed by atoms with E-state index < -0.39 is 0 Å². The number of hydrogen-bond acceptors (Lipinski definition) is 3. The number of carbonyl (C=O) groups excluding carboxylic acids is 1. The number of morpholine rings is 1. The molecule has 7 nitrogen and oxygen atoms in total. The van der Waals surface area contributed by atoms with E-state index in [4.69, 9.17) is 4.74 Å². The standard InChI is InChI=1S/C15H20N4O3/c20-14(18-8-10-22-11-9-18)16-6-3-7-19-13-5-2-1-4-12(13)17-15(19)21/h1-2,4-5H,3,6-11H2,(H,16,20)(H,17,21). The highest BCUT2D eigenvalue weighted by Gasteiger charge is 2.15. The van der Waals surface area contributed by atoms with Crippen LogP contribution < -0.4 is 11.0 Å². The van der Waals surface area contributed by atoms with Gasteiger partial charge in [0.05, 0.1) is 24.2 Å². The molecule has 0 spiro atoms. The van der Waals surface area contributed by atoms with E-state index in [2.05, 4.69) is 10.3 Å². The molecule has 1 aromatic carbocycles. The van der Waals surface area contributed by atoms with Crippen molar-refractivity contribution >= 4 is 17.1 Å². The Morgan fingerprint density at radius 2 is 2.05 bits per heavy atom. The molecule has 0 unspecified atom stereocenters. The zero-order valence-corrected chi connectivity index (χ0v) is 12.4. The highest BCUT2D eigenvalue weighted by Crippen LogP contribution is 2.09. The summed E-state index contributed by atoms with van der Waals surface area (Å²) in [6.45, 7) is 3.58. The number of aryl methyl sites for hydroxylation is 1. The third-order valence-corrected chi connectivity index (χ3v) is 3.81. The number of nitrogens with zero attached hydrogens (tertiary/aromatic N) is 2. The van der Waals surface area contributed by atoms with E-state index in [-0.39, 0.29) is 11.7 Å². The number of amides is 2. The predicted molar refractivity (Wildman–Crippen MR) is 83.0 cm³/mol. The molecule has 2 aromatic rings. The number of benzene rings is 1. The van der Waals surface area contributed by atoms with Gasteiger partial charge in [0.2, 0.25) is 0 Å². The van der Waals surface area contributed by atoms with Crippen LogP contribution in [-0.2, 0) is 11.3 Å². The minimum Gasteiger partial charge on any atom is -0.378 e. The molecule has 3 rings (SSSR count). The molecule has 2 amide bonds. The number of imidazole rings is 1. The van der Waals surface area contributed by atoms with Gasteiger partial charge in [-0.25, -0.2) is 9.59 Å². The number of urea groups is 1. The monoisotopic (exact) mass is 304 g/mol. The van der Waals surface area contributed by atoms with Crippen LogP contribution in [0, 0.1) is 0 Å². The summed E-state index contributed by atoms with van der Waals surface area (Å²) in [5.41, 5.74) is 1.62. The van der Waals surface area contributed by atoms with Crippen LogP contribution in [0.25, 0.3) is 11.0 Å². The van der Waals surface area contributed by atoms with Crippen molar-refractivity contribution in [1.82, 2.24) is 19.8 Å². The molecule has 1 aliphatic rings. The third kappa shape index (κ3) is 3.14. The highest BCUT2D eigenvalue weighted by molar-refractivity contribution is 5.75. The number of para-hydroxylation sites is 2. The maximum absolute atomic E-state index is 11.9. The topological polar surface area (TPSA) is 79.4 Å². The van der Waals surface area contributed by atoms with Crippen molar-refractivity contribution in [3.05, 3.63) is 34.7 Å². The van der Waals surface area contributed by atoms with E-state index >= 15 is 0 Å². The van der Waals surface area contributed by atoms with Crippen molar-refractivity contribution in [2.45, 2.75) is 13.0 Å². The van der Waals surface area contributed by atoms with Crippen molar-refractivity contribution in [2.75, 3.05) is 32.8 Å². The maximum Gasteiger partial charge on any atom is 0.326 e. The van der Waals surface area contributed by atoms with E-state index in [1.54, 1.807) is 9.47 Å². The number of fused-ring (bicyclic) bond motifs is 1. The quantitative estimate of drug-likeness (QED) is 0.819. The van der Waals surface area contributed by atoms with Gasteiger partial charge in [-0.05, 0) is 18.6 Å². The molecule has 22 heavy (non-hydrogen) atoms. The number of aromatic amines is 1. The largest absolute Gasteiger partial charge is 0.378 e. The summed E-state index contributed by atoms with van der Waals surface area (Å²) in [5.74, 6) is 0. The van der Waals surface area contributed by atoms with Gasteiger partial charge in [-0.1, -0.05) is 12.1 Å². The summed E-state index contributed by atoms with van der Waals surface area (Å²) in [6.07, 6.45) is 0.706. The number of hydrogen-bond donors (Lipinski definition) is 2. The SMILES string of the molecule is O=C(NCCCn1c(=O)[nH]c2ccccc21)N1CCOCC1. The van der Waals surface area contributed by atoms with Crippen LogP contribution >= 0.6 is 0 Å². The Morgan fingerprint density at radius 1 is 1.27 bits per heavy atom. The average molecular weight is 304 g/mol. The molecular weight excluding hydrogens is 284 g/mol. The molecule has 0 bridgehead atoms. The fourth-order valence-electron chi connectivity index (χ4n) is 2.64. The number of aromatic nitrogens is 2. The first-order valence-corrected chi connectivity index (χ1v) is 7.54. The van der Waals surface area contributed by atoms with Gasteiger partial charge in [-0.3, -0.25) is 4.57 Å². The highest BCUT2D eigenvalue weighted by atomic mass is 16.5. The summed E-state index contributed by atoms with van der Waals surface area (Å²) < 4.78 is 6.92. The second kappa shape index (κ2) is 6.65. The Morgan fingerprint density at radius 3 is 2.86 bits per heavy atom. The molecule has 0 aliphatic carbocycles. The molecule has 1 saturated heterocycles. The summed E-state index contributed by atoms with van der Waals surface area (Å²) in [5, 5.41) is 2.89. The number of carbonyl (C=O) groups is 1. The van der Waals surface area contributed by atoms with Crippen LogP contribution in [0.3, 0.4) is 0 Å². The van der Waals surface area contributed by atoms with Gasteiger partial charge >= 0.3 is 11.7 Å². The summed E-state index contributed by atoms with van der Waals surface area (Å²) in [7, 11) is 0. The average Bonchev–Trinajstić information content (AvgIpc) is 2.88. The van der Waals surface area contributed by atoms with Gasteiger partial charge < -0.3 is 19.9 Å². The molecule has 2 N–H and O–H groups in total. The number of ether oxygens (including phenoxy) is 1. The Labute approximate surface area is 127 Å². The molecule has 0 radical (unpaired) electrons. The first-order chi connectivity index (χ1) is 10.8. The molecule has 1 aromatic heterocycles. The zero-order chi connectivity index (χ0) is 15.4. The van der Waals surface area contributed by atoms with Gasteiger partial charge in [-0.2, -0.15) is 0 Å². The molecule has 2 heterocycles. The van der Waals surface area contributed by atoms with E-state index in [1.807, 2.05) is 24.3 Å². The lowest BCUT2D eigenvalue weighted by Crippen LogP contribution is -2.46. The van der Waals surface area contributed by atoms with Crippen LogP contribution in [0.1, 0.15) is 6.42 Å². The molecule has 1 fully saturated rings. The normalized spacial score (nSPS) is 15.2. The maximum atomic E-state index is 11.9. The van der Waals surface area contributed by atoms with Crippen molar-refractivity contribution < 1.29 is 9.53 Å². The lowest BCUT2D eigenvalue weighted by Gasteiger charge is -2.26. The third-order valence-electron chi connectivity index (χ3n) is 3.81. The Hall–Kier alpha value is -2.28. The minimum absolute atomic E-state index is 0.0606. The van der Waals surface area contributed by atoms with Gasteiger partial charge in [0, 0.05) is 26.2 Å². The van der Waals surface area contributed by atoms with Crippen molar-refractivity contribution in [3.63, 3.8) is 0 Å². The lowest BCUT2D eigenvalue weighted by atomic mass is 10.3.